The molecule has 1 aromatic rings. The van der Waals surface area contributed by atoms with Crippen LogP contribution in [0.25, 0.3) is 0 Å². The average Bonchev–Trinajstić information content (AvgIpc) is 2.89. The van der Waals surface area contributed by atoms with Crippen LogP contribution >= 0.6 is 0 Å². The molecule has 0 saturated carbocycles. The number of rotatable bonds is 7. The molecule has 2 aliphatic heterocycles. The molecule has 1 unspecified atom stereocenters. The van der Waals surface area contributed by atoms with Gasteiger partial charge in [0.1, 0.15) is 12.9 Å². The van der Waals surface area contributed by atoms with Gasteiger partial charge in [0.25, 0.3) is 5.72 Å². The molecule has 2 saturated heterocycles. The summed E-state index contributed by atoms with van der Waals surface area (Å²) in [6.45, 7) is -0.229. The molecule has 2 aliphatic rings. The topological polar surface area (TPSA) is 102 Å². The van der Waals surface area contributed by atoms with E-state index in [2.05, 4.69) is 0 Å². The largest absolute Gasteiger partial charge is 0.511 e. The minimum atomic E-state index is -1.61. The van der Waals surface area contributed by atoms with Crippen molar-refractivity contribution in [1.29, 1.82) is 0 Å². The van der Waals surface area contributed by atoms with Gasteiger partial charge in [0, 0.05) is 12.5 Å². The standard InChI is InChI=1S/C19H19NO7/c21-10-5-4-9-19(15(8-11-22)26-17-12-16(23)20(17)19)27-18(24)25-13-14-6-2-1-3-7-14/h1-8,11,17,21H,9-10,12-13H2/t17-,19?/m1/s1. The summed E-state index contributed by atoms with van der Waals surface area (Å²) in [7, 11) is 0. The number of fused-ring (bicyclic) bond motifs is 1. The summed E-state index contributed by atoms with van der Waals surface area (Å²) in [6, 6.07) is 9.04. The van der Waals surface area contributed by atoms with Gasteiger partial charge < -0.3 is 19.3 Å². The number of ether oxygens (including phenoxy) is 3. The molecule has 2 atom stereocenters. The van der Waals surface area contributed by atoms with E-state index in [0.717, 1.165) is 11.6 Å². The molecule has 2 heterocycles. The first-order chi connectivity index (χ1) is 13.1. The first kappa shape index (κ1) is 18.7. The molecule has 27 heavy (non-hydrogen) atoms. The summed E-state index contributed by atoms with van der Waals surface area (Å²) in [5.74, 6) is -0.227. The molecule has 3 rings (SSSR count). The van der Waals surface area contributed by atoms with Crippen LogP contribution in [0.4, 0.5) is 4.79 Å². The van der Waals surface area contributed by atoms with Gasteiger partial charge in [-0.2, -0.15) is 0 Å². The summed E-state index contributed by atoms with van der Waals surface area (Å²) in [5.41, 5.74) is -0.840. The van der Waals surface area contributed by atoms with Gasteiger partial charge in [-0.25, -0.2) is 4.79 Å². The molecule has 2 fully saturated rings. The lowest BCUT2D eigenvalue weighted by Gasteiger charge is -2.41. The van der Waals surface area contributed by atoms with Gasteiger partial charge in [0.15, 0.2) is 12.0 Å². The van der Waals surface area contributed by atoms with Crippen LogP contribution in [0.5, 0.6) is 0 Å². The van der Waals surface area contributed by atoms with E-state index < -0.39 is 18.1 Å². The summed E-state index contributed by atoms with van der Waals surface area (Å²) in [5, 5.41) is 8.97. The van der Waals surface area contributed by atoms with Crippen molar-refractivity contribution < 1.29 is 33.7 Å². The molecule has 0 spiro atoms. The SMILES string of the molecule is O=CC=C1O[C@@H]2CC(=O)N2C1(CC=CCO)OC(=O)OCc1ccccc1. The lowest BCUT2D eigenvalue weighted by molar-refractivity contribution is -0.180. The third kappa shape index (κ3) is 3.70. The number of aliphatic hydroxyl groups excluding tert-OH is 1. The van der Waals surface area contributed by atoms with E-state index in [-0.39, 0.29) is 37.7 Å². The predicted octanol–water partition coefficient (Wildman–Crippen LogP) is 1.65. The van der Waals surface area contributed by atoms with Crippen molar-refractivity contribution in [2.24, 2.45) is 0 Å². The molecule has 1 N–H and O–H groups in total. The van der Waals surface area contributed by atoms with E-state index in [1.807, 2.05) is 18.2 Å². The fraction of sp³-hybridized carbons (Fsp3) is 0.316. The van der Waals surface area contributed by atoms with Crippen molar-refractivity contribution in [3.8, 4) is 0 Å². The number of aldehydes is 1. The Morgan fingerprint density at radius 3 is 2.78 bits per heavy atom. The lowest BCUT2D eigenvalue weighted by Crippen LogP contribution is -2.60. The van der Waals surface area contributed by atoms with E-state index in [4.69, 9.17) is 19.3 Å². The van der Waals surface area contributed by atoms with Crippen LogP contribution in [-0.4, -0.2) is 46.9 Å². The van der Waals surface area contributed by atoms with Crippen LogP contribution in [0.3, 0.4) is 0 Å². The maximum Gasteiger partial charge on any atom is 0.511 e. The number of β-lactam (4-membered cyclic amide) rings is 1. The van der Waals surface area contributed by atoms with Gasteiger partial charge in [-0.1, -0.05) is 42.5 Å². The average molecular weight is 373 g/mol. The predicted molar refractivity (Wildman–Crippen MR) is 91.8 cm³/mol. The monoisotopic (exact) mass is 373 g/mol. The van der Waals surface area contributed by atoms with Crippen molar-refractivity contribution in [2.45, 2.75) is 31.4 Å². The number of nitrogens with zero attached hydrogens (tertiary/aromatic N) is 1. The molecule has 1 amide bonds. The molecule has 0 aromatic heterocycles. The van der Waals surface area contributed by atoms with Crippen LogP contribution in [0.2, 0.25) is 0 Å². The van der Waals surface area contributed by atoms with E-state index in [1.54, 1.807) is 18.2 Å². The van der Waals surface area contributed by atoms with E-state index in [0.29, 0.717) is 6.29 Å². The number of carbonyl (C=O) groups is 3. The van der Waals surface area contributed by atoms with Crippen LogP contribution in [0, 0.1) is 0 Å². The van der Waals surface area contributed by atoms with Crippen LogP contribution < -0.4 is 0 Å². The summed E-state index contributed by atoms with van der Waals surface area (Å²) < 4.78 is 16.2. The zero-order valence-electron chi connectivity index (χ0n) is 14.4. The zero-order chi connectivity index (χ0) is 19.3. The third-order valence-electron chi connectivity index (χ3n) is 4.28. The number of allylic oxidation sites excluding steroid dienone is 1. The second kappa shape index (κ2) is 8.05. The normalized spacial score (nSPS) is 25.1. The van der Waals surface area contributed by atoms with Crippen molar-refractivity contribution in [1.82, 2.24) is 4.90 Å². The van der Waals surface area contributed by atoms with E-state index in [1.165, 1.54) is 11.0 Å². The third-order valence-corrected chi connectivity index (χ3v) is 4.28. The van der Waals surface area contributed by atoms with Crippen LogP contribution in [0.1, 0.15) is 18.4 Å². The second-order valence-corrected chi connectivity index (χ2v) is 5.98. The molecule has 142 valence electrons. The fourth-order valence-electron chi connectivity index (χ4n) is 3.05. The van der Waals surface area contributed by atoms with Gasteiger partial charge >= 0.3 is 6.16 Å². The van der Waals surface area contributed by atoms with Gasteiger partial charge in [0.2, 0.25) is 5.91 Å². The lowest BCUT2D eigenvalue weighted by atomic mass is 10.0. The summed E-state index contributed by atoms with van der Waals surface area (Å²) in [4.78, 5) is 36.7. The van der Waals surface area contributed by atoms with Gasteiger partial charge in [-0.05, 0) is 5.56 Å². The Kier molecular flexibility index (Phi) is 5.56. The Hall–Kier alpha value is -3.13. The second-order valence-electron chi connectivity index (χ2n) is 5.98. The minimum absolute atomic E-state index is 0.00675. The molecular weight excluding hydrogens is 354 g/mol. The number of carbonyl (C=O) groups excluding carboxylic acids is 3. The first-order valence-corrected chi connectivity index (χ1v) is 8.41. The number of benzene rings is 1. The molecule has 0 aliphatic carbocycles. The Morgan fingerprint density at radius 2 is 2.11 bits per heavy atom. The van der Waals surface area contributed by atoms with Gasteiger partial charge in [-0.3, -0.25) is 14.5 Å². The highest BCUT2D eigenvalue weighted by Gasteiger charge is 2.62. The molecule has 8 heteroatoms. The Morgan fingerprint density at radius 1 is 1.33 bits per heavy atom. The van der Waals surface area contributed by atoms with Gasteiger partial charge in [0.05, 0.1) is 13.0 Å². The fourth-order valence-corrected chi connectivity index (χ4v) is 3.05. The number of aliphatic hydroxyl groups is 1. The van der Waals surface area contributed by atoms with Crippen molar-refractivity contribution in [3.63, 3.8) is 0 Å². The Labute approximate surface area is 155 Å². The molecule has 0 bridgehead atoms. The Balaban J connectivity index is 1.80. The highest BCUT2D eigenvalue weighted by molar-refractivity contribution is 5.85. The molecule has 0 radical (unpaired) electrons. The molecular formula is C19H19NO7. The number of hydrogen-bond acceptors (Lipinski definition) is 7. The smallest absolute Gasteiger partial charge is 0.468 e. The highest BCUT2D eigenvalue weighted by Crippen LogP contribution is 2.47. The summed E-state index contributed by atoms with van der Waals surface area (Å²) in [6.07, 6.45) is 3.12. The number of amides is 1. The number of hydrogen-bond donors (Lipinski definition) is 1. The van der Waals surface area contributed by atoms with Crippen molar-refractivity contribution in [2.75, 3.05) is 6.61 Å². The van der Waals surface area contributed by atoms with Crippen molar-refractivity contribution in [3.05, 3.63) is 59.9 Å². The van der Waals surface area contributed by atoms with E-state index in [9.17, 15) is 14.4 Å². The van der Waals surface area contributed by atoms with E-state index >= 15 is 0 Å². The van der Waals surface area contributed by atoms with Crippen LogP contribution in [0.15, 0.2) is 54.3 Å². The minimum Gasteiger partial charge on any atom is -0.468 e. The maximum atomic E-state index is 12.3. The van der Waals surface area contributed by atoms with Gasteiger partial charge in [-0.15, -0.1) is 0 Å². The molecule has 1 aromatic carbocycles. The summed E-state index contributed by atoms with van der Waals surface area (Å²) >= 11 is 0. The Bertz CT molecular complexity index is 774. The maximum absolute atomic E-state index is 12.3. The van der Waals surface area contributed by atoms with Crippen LogP contribution in [-0.2, 0) is 30.4 Å². The quantitative estimate of drug-likeness (QED) is 0.255. The van der Waals surface area contributed by atoms with Crippen molar-refractivity contribution >= 4 is 18.3 Å². The first-order valence-electron chi connectivity index (χ1n) is 8.41. The molecule has 8 nitrogen and oxygen atoms in total. The highest BCUT2D eigenvalue weighted by atomic mass is 16.8. The zero-order valence-corrected chi connectivity index (χ0v) is 14.4.